The van der Waals surface area contributed by atoms with Crippen LogP contribution in [0.2, 0.25) is 0 Å². The molecule has 114 valence electrons. The fraction of sp³-hybridized carbons (Fsp3) is 0.647. The van der Waals surface area contributed by atoms with Crippen LogP contribution in [0.4, 0.5) is 0 Å². The minimum atomic E-state index is 0.213. The number of benzene rings is 1. The van der Waals surface area contributed by atoms with Crippen molar-refractivity contribution in [1.29, 1.82) is 0 Å². The van der Waals surface area contributed by atoms with Gasteiger partial charge >= 0.3 is 0 Å². The molecule has 1 aromatic rings. The highest BCUT2D eigenvalue weighted by Gasteiger charge is 2.08. The topological polar surface area (TPSA) is 30.5 Å². The Morgan fingerprint density at radius 2 is 1.80 bits per heavy atom. The summed E-state index contributed by atoms with van der Waals surface area (Å²) in [7, 11) is 0. The maximum absolute atomic E-state index is 6.00. The van der Waals surface area contributed by atoms with Gasteiger partial charge in [0.25, 0.3) is 0 Å². The first-order valence-corrected chi connectivity index (χ1v) is 7.87. The third kappa shape index (κ3) is 6.80. The average molecular weight is 279 g/mol. The number of ether oxygens (including phenoxy) is 2. The van der Waals surface area contributed by atoms with E-state index in [-0.39, 0.29) is 6.10 Å². The number of hydrogen-bond acceptors (Lipinski definition) is 3. The molecule has 1 rings (SSSR count). The first kappa shape index (κ1) is 16.8. The molecule has 0 fully saturated rings. The third-order valence-corrected chi connectivity index (χ3v) is 3.03. The fourth-order valence-corrected chi connectivity index (χ4v) is 1.97. The van der Waals surface area contributed by atoms with Crippen molar-refractivity contribution in [2.24, 2.45) is 0 Å². The number of nitrogens with one attached hydrogen (secondary N) is 1. The Hall–Kier alpha value is -1.22. The van der Waals surface area contributed by atoms with Gasteiger partial charge in [-0.2, -0.15) is 0 Å². The van der Waals surface area contributed by atoms with E-state index in [9.17, 15) is 0 Å². The Balaban J connectivity index is 2.35. The molecule has 0 radical (unpaired) electrons. The van der Waals surface area contributed by atoms with E-state index in [0.29, 0.717) is 0 Å². The van der Waals surface area contributed by atoms with Gasteiger partial charge in [-0.25, -0.2) is 0 Å². The summed E-state index contributed by atoms with van der Waals surface area (Å²) in [5.74, 6) is 1.71. The molecular weight excluding hydrogens is 250 g/mol. The molecular formula is C17H29NO2. The van der Waals surface area contributed by atoms with Crippen molar-refractivity contribution in [3.05, 3.63) is 24.3 Å². The smallest absolute Gasteiger partial charge is 0.161 e. The molecule has 20 heavy (non-hydrogen) atoms. The average Bonchev–Trinajstić information content (AvgIpc) is 2.46. The second kappa shape index (κ2) is 10.6. The van der Waals surface area contributed by atoms with Gasteiger partial charge in [-0.3, -0.25) is 0 Å². The second-order valence-electron chi connectivity index (χ2n) is 5.12. The van der Waals surface area contributed by atoms with Crippen molar-refractivity contribution in [2.45, 2.75) is 52.6 Å². The van der Waals surface area contributed by atoms with Crippen LogP contribution in [0, 0.1) is 0 Å². The van der Waals surface area contributed by atoms with Gasteiger partial charge in [-0.1, -0.05) is 26.0 Å². The molecule has 0 saturated heterocycles. The molecule has 0 spiro atoms. The van der Waals surface area contributed by atoms with Crippen molar-refractivity contribution >= 4 is 0 Å². The minimum Gasteiger partial charge on any atom is -0.490 e. The lowest BCUT2D eigenvalue weighted by Gasteiger charge is -2.17. The normalized spacial score (nSPS) is 12.2. The fourth-order valence-electron chi connectivity index (χ4n) is 1.97. The predicted octanol–water partition coefficient (Wildman–Crippen LogP) is 4.02. The van der Waals surface area contributed by atoms with E-state index in [4.69, 9.17) is 9.47 Å². The lowest BCUT2D eigenvalue weighted by molar-refractivity contribution is 0.193. The van der Waals surface area contributed by atoms with Gasteiger partial charge < -0.3 is 14.8 Å². The summed E-state index contributed by atoms with van der Waals surface area (Å²) in [5, 5.41) is 3.41. The molecule has 3 heteroatoms. The SMILES string of the molecule is CCCNCCCC(C)Oc1ccccc1OCCC. The summed E-state index contributed by atoms with van der Waals surface area (Å²) < 4.78 is 11.7. The number of hydrogen-bond donors (Lipinski definition) is 1. The summed E-state index contributed by atoms with van der Waals surface area (Å²) in [5.41, 5.74) is 0. The largest absolute Gasteiger partial charge is 0.490 e. The van der Waals surface area contributed by atoms with Crippen LogP contribution in [-0.2, 0) is 0 Å². The zero-order chi connectivity index (χ0) is 14.6. The van der Waals surface area contributed by atoms with Crippen molar-refractivity contribution in [1.82, 2.24) is 5.32 Å². The highest BCUT2D eigenvalue weighted by molar-refractivity contribution is 5.39. The zero-order valence-corrected chi connectivity index (χ0v) is 13.2. The Labute approximate surface area is 123 Å². The van der Waals surface area contributed by atoms with E-state index in [1.807, 2.05) is 24.3 Å². The minimum absolute atomic E-state index is 0.213. The summed E-state index contributed by atoms with van der Waals surface area (Å²) in [6, 6.07) is 7.93. The van der Waals surface area contributed by atoms with Crippen LogP contribution in [0.3, 0.4) is 0 Å². The molecule has 0 aliphatic carbocycles. The van der Waals surface area contributed by atoms with Crippen molar-refractivity contribution in [3.63, 3.8) is 0 Å². The summed E-state index contributed by atoms with van der Waals surface area (Å²) in [6.07, 6.45) is 4.60. The Bertz CT molecular complexity index is 355. The number of para-hydroxylation sites is 2. The molecule has 0 bridgehead atoms. The van der Waals surface area contributed by atoms with Gasteiger partial charge in [0.05, 0.1) is 12.7 Å². The van der Waals surface area contributed by atoms with Crippen molar-refractivity contribution in [3.8, 4) is 11.5 Å². The van der Waals surface area contributed by atoms with Crippen molar-refractivity contribution < 1.29 is 9.47 Å². The third-order valence-electron chi connectivity index (χ3n) is 3.03. The van der Waals surface area contributed by atoms with Crippen LogP contribution in [0.1, 0.15) is 46.5 Å². The van der Waals surface area contributed by atoms with Crippen LogP contribution in [0.5, 0.6) is 11.5 Å². The molecule has 1 unspecified atom stereocenters. The van der Waals surface area contributed by atoms with Crippen LogP contribution in [-0.4, -0.2) is 25.8 Å². The Morgan fingerprint density at radius 3 is 2.50 bits per heavy atom. The van der Waals surface area contributed by atoms with E-state index < -0.39 is 0 Å². The summed E-state index contributed by atoms with van der Waals surface area (Å²) >= 11 is 0. The summed E-state index contributed by atoms with van der Waals surface area (Å²) in [6.45, 7) is 9.31. The second-order valence-corrected chi connectivity index (χ2v) is 5.12. The standard InChI is InChI=1S/C17H29NO2/c1-4-12-18-13-8-9-15(3)20-17-11-7-6-10-16(17)19-14-5-2/h6-7,10-11,15,18H,4-5,8-9,12-14H2,1-3H3. The van der Waals surface area contributed by atoms with Crippen LogP contribution in [0.15, 0.2) is 24.3 Å². The van der Waals surface area contributed by atoms with E-state index in [2.05, 4.69) is 26.1 Å². The predicted molar refractivity (Wildman–Crippen MR) is 84.7 cm³/mol. The maximum Gasteiger partial charge on any atom is 0.161 e. The monoisotopic (exact) mass is 279 g/mol. The van der Waals surface area contributed by atoms with Crippen LogP contribution >= 0.6 is 0 Å². The highest BCUT2D eigenvalue weighted by atomic mass is 16.5. The molecule has 0 saturated carbocycles. The molecule has 0 aliphatic rings. The lowest BCUT2D eigenvalue weighted by atomic mass is 10.2. The van der Waals surface area contributed by atoms with Crippen LogP contribution in [0.25, 0.3) is 0 Å². The van der Waals surface area contributed by atoms with E-state index in [0.717, 1.165) is 50.5 Å². The molecule has 0 aromatic heterocycles. The van der Waals surface area contributed by atoms with E-state index >= 15 is 0 Å². The molecule has 0 amide bonds. The van der Waals surface area contributed by atoms with Gasteiger partial charge in [0.2, 0.25) is 0 Å². The first-order valence-electron chi connectivity index (χ1n) is 7.87. The van der Waals surface area contributed by atoms with E-state index in [1.165, 1.54) is 6.42 Å². The van der Waals surface area contributed by atoms with Gasteiger partial charge in [-0.05, 0) is 57.8 Å². The molecule has 0 heterocycles. The lowest BCUT2D eigenvalue weighted by Crippen LogP contribution is -2.19. The molecule has 1 atom stereocenters. The van der Waals surface area contributed by atoms with Gasteiger partial charge in [0, 0.05) is 0 Å². The van der Waals surface area contributed by atoms with E-state index in [1.54, 1.807) is 0 Å². The van der Waals surface area contributed by atoms with Gasteiger partial charge in [-0.15, -0.1) is 0 Å². The Kier molecular flexibility index (Phi) is 8.88. The van der Waals surface area contributed by atoms with Gasteiger partial charge in [0.1, 0.15) is 0 Å². The molecule has 1 N–H and O–H groups in total. The quantitative estimate of drug-likeness (QED) is 0.621. The van der Waals surface area contributed by atoms with Crippen LogP contribution < -0.4 is 14.8 Å². The molecule has 0 aliphatic heterocycles. The number of rotatable bonds is 11. The van der Waals surface area contributed by atoms with Crippen molar-refractivity contribution in [2.75, 3.05) is 19.7 Å². The summed E-state index contributed by atoms with van der Waals surface area (Å²) in [4.78, 5) is 0. The van der Waals surface area contributed by atoms with Gasteiger partial charge in [0.15, 0.2) is 11.5 Å². The highest BCUT2D eigenvalue weighted by Crippen LogP contribution is 2.28. The molecule has 1 aromatic carbocycles. The maximum atomic E-state index is 6.00. The Morgan fingerprint density at radius 1 is 1.05 bits per heavy atom. The molecule has 3 nitrogen and oxygen atoms in total. The first-order chi connectivity index (χ1) is 9.77. The zero-order valence-electron chi connectivity index (χ0n) is 13.2.